The number of hydrogen-bond acceptors (Lipinski definition) is 4. The van der Waals surface area contributed by atoms with Crippen LogP contribution < -0.4 is 0 Å². The number of rotatable bonds is 5. The van der Waals surface area contributed by atoms with E-state index >= 15 is 0 Å². The average molecular weight is 222 g/mol. The fourth-order valence-corrected chi connectivity index (χ4v) is 1.53. The van der Waals surface area contributed by atoms with E-state index < -0.39 is 0 Å². The zero-order valence-electron chi connectivity index (χ0n) is 10.1. The molecule has 1 rings (SSSR count). The first kappa shape index (κ1) is 12.6. The molecule has 0 aliphatic rings. The van der Waals surface area contributed by atoms with Gasteiger partial charge in [-0.3, -0.25) is 4.79 Å². The van der Waals surface area contributed by atoms with E-state index in [4.69, 9.17) is 4.74 Å². The van der Waals surface area contributed by atoms with Crippen molar-refractivity contribution in [2.45, 2.75) is 40.0 Å². The lowest BCUT2D eigenvalue weighted by molar-refractivity contribution is -0.143. The van der Waals surface area contributed by atoms with Gasteiger partial charge in [0.05, 0.1) is 6.61 Å². The fourth-order valence-electron chi connectivity index (χ4n) is 1.53. The highest BCUT2D eigenvalue weighted by atomic mass is 16.5. The van der Waals surface area contributed by atoms with Gasteiger partial charge in [0.15, 0.2) is 0 Å². The van der Waals surface area contributed by atoms with E-state index in [0.717, 1.165) is 30.1 Å². The predicted octanol–water partition coefficient (Wildman–Crippen LogP) is 1.98. The molecule has 0 saturated heterocycles. The van der Waals surface area contributed by atoms with Gasteiger partial charge in [-0.15, -0.1) is 0 Å². The standard InChI is InChI=1S/C12H18N2O2/c1-4-16-12(15)7-5-6-11-13-9(2)8-10(3)14-11/h8H,4-7H2,1-3H3. The quantitative estimate of drug-likeness (QED) is 0.715. The molecule has 1 aromatic rings. The van der Waals surface area contributed by atoms with Gasteiger partial charge < -0.3 is 4.74 Å². The Hall–Kier alpha value is -1.45. The highest BCUT2D eigenvalue weighted by Gasteiger charge is 2.04. The van der Waals surface area contributed by atoms with Crippen molar-refractivity contribution in [1.82, 2.24) is 9.97 Å². The van der Waals surface area contributed by atoms with Gasteiger partial charge in [-0.2, -0.15) is 0 Å². The zero-order chi connectivity index (χ0) is 12.0. The van der Waals surface area contributed by atoms with Gasteiger partial charge in [0.25, 0.3) is 0 Å². The molecule has 0 saturated carbocycles. The highest BCUT2D eigenvalue weighted by Crippen LogP contribution is 2.04. The van der Waals surface area contributed by atoms with Crippen LogP contribution in [-0.4, -0.2) is 22.5 Å². The Kier molecular flexibility index (Phi) is 4.89. The molecule has 0 aromatic carbocycles. The van der Waals surface area contributed by atoms with Crippen LogP contribution in [0.4, 0.5) is 0 Å². The molecule has 0 spiro atoms. The number of esters is 1. The lowest BCUT2D eigenvalue weighted by Gasteiger charge is -2.03. The molecule has 0 atom stereocenters. The average Bonchev–Trinajstić information content (AvgIpc) is 2.16. The van der Waals surface area contributed by atoms with Gasteiger partial charge in [0.1, 0.15) is 5.82 Å². The number of ether oxygens (including phenoxy) is 1. The number of carbonyl (C=O) groups excluding carboxylic acids is 1. The summed E-state index contributed by atoms with van der Waals surface area (Å²) in [6.45, 7) is 6.15. The molecular formula is C12H18N2O2. The number of nitrogens with zero attached hydrogens (tertiary/aromatic N) is 2. The topological polar surface area (TPSA) is 52.1 Å². The second kappa shape index (κ2) is 6.20. The van der Waals surface area contributed by atoms with Crippen LogP contribution in [0.5, 0.6) is 0 Å². The minimum Gasteiger partial charge on any atom is -0.466 e. The summed E-state index contributed by atoms with van der Waals surface area (Å²) in [5.41, 5.74) is 1.94. The predicted molar refractivity (Wildman–Crippen MR) is 61.1 cm³/mol. The summed E-state index contributed by atoms with van der Waals surface area (Å²) in [6, 6.07) is 1.94. The highest BCUT2D eigenvalue weighted by molar-refractivity contribution is 5.69. The SMILES string of the molecule is CCOC(=O)CCCc1nc(C)cc(C)n1. The Balaban J connectivity index is 2.40. The smallest absolute Gasteiger partial charge is 0.305 e. The molecule has 4 heteroatoms. The maximum absolute atomic E-state index is 11.1. The Bertz CT molecular complexity index is 344. The van der Waals surface area contributed by atoms with Crippen molar-refractivity contribution >= 4 is 5.97 Å². The maximum atomic E-state index is 11.1. The van der Waals surface area contributed by atoms with E-state index in [1.807, 2.05) is 26.8 Å². The van der Waals surface area contributed by atoms with Crippen LogP contribution in [0.1, 0.15) is 37.0 Å². The summed E-state index contributed by atoms with van der Waals surface area (Å²) in [5, 5.41) is 0. The van der Waals surface area contributed by atoms with E-state index in [-0.39, 0.29) is 5.97 Å². The molecule has 16 heavy (non-hydrogen) atoms. The van der Waals surface area contributed by atoms with E-state index in [0.29, 0.717) is 13.0 Å². The number of aromatic nitrogens is 2. The van der Waals surface area contributed by atoms with Gasteiger partial charge in [-0.1, -0.05) is 0 Å². The Labute approximate surface area is 96.1 Å². The molecular weight excluding hydrogens is 204 g/mol. The van der Waals surface area contributed by atoms with Crippen molar-refractivity contribution in [3.63, 3.8) is 0 Å². The van der Waals surface area contributed by atoms with Crippen molar-refractivity contribution in [2.75, 3.05) is 6.61 Å². The molecule has 88 valence electrons. The van der Waals surface area contributed by atoms with Crippen LogP contribution in [0.15, 0.2) is 6.07 Å². The van der Waals surface area contributed by atoms with Gasteiger partial charge in [0, 0.05) is 24.2 Å². The zero-order valence-corrected chi connectivity index (χ0v) is 10.1. The summed E-state index contributed by atoms with van der Waals surface area (Å²) in [4.78, 5) is 19.7. The minimum atomic E-state index is -0.146. The second-order valence-corrected chi connectivity index (χ2v) is 3.73. The molecule has 0 fully saturated rings. The molecule has 4 nitrogen and oxygen atoms in total. The molecule has 1 aromatic heterocycles. The maximum Gasteiger partial charge on any atom is 0.305 e. The number of aryl methyl sites for hydroxylation is 3. The van der Waals surface area contributed by atoms with Gasteiger partial charge >= 0.3 is 5.97 Å². The fraction of sp³-hybridized carbons (Fsp3) is 0.583. The van der Waals surface area contributed by atoms with Crippen molar-refractivity contribution in [1.29, 1.82) is 0 Å². The lowest BCUT2D eigenvalue weighted by Crippen LogP contribution is -2.05. The third-order valence-electron chi connectivity index (χ3n) is 2.12. The summed E-state index contributed by atoms with van der Waals surface area (Å²) in [7, 11) is 0. The van der Waals surface area contributed by atoms with Crippen molar-refractivity contribution in [2.24, 2.45) is 0 Å². The van der Waals surface area contributed by atoms with Gasteiger partial charge in [-0.05, 0) is 33.3 Å². The second-order valence-electron chi connectivity index (χ2n) is 3.73. The third-order valence-corrected chi connectivity index (χ3v) is 2.12. The normalized spacial score (nSPS) is 10.2. The van der Waals surface area contributed by atoms with Crippen LogP contribution in [0, 0.1) is 13.8 Å². The molecule has 1 heterocycles. The summed E-state index contributed by atoms with van der Waals surface area (Å²) in [5.74, 6) is 0.661. The molecule has 0 amide bonds. The molecule has 0 unspecified atom stereocenters. The first-order chi connectivity index (χ1) is 7.61. The summed E-state index contributed by atoms with van der Waals surface area (Å²) >= 11 is 0. The van der Waals surface area contributed by atoms with Gasteiger partial charge in [0.2, 0.25) is 0 Å². The van der Waals surface area contributed by atoms with Crippen LogP contribution >= 0.6 is 0 Å². The van der Waals surface area contributed by atoms with E-state index in [1.54, 1.807) is 0 Å². The summed E-state index contributed by atoms with van der Waals surface area (Å²) < 4.78 is 4.85. The first-order valence-electron chi connectivity index (χ1n) is 5.58. The van der Waals surface area contributed by atoms with Gasteiger partial charge in [-0.25, -0.2) is 9.97 Å². The summed E-state index contributed by atoms with van der Waals surface area (Å²) in [6.07, 6.45) is 1.90. The monoisotopic (exact) mass is 222 g/mol. The van der Waals surface area contributed by atoms with Crippen molar-refractivity contribution < 1.29 is 9.53 Å². The molecule has 0 bridgehead atoms. The van der Waals surface area contributed by atoms with E-state index in [9.17, 15) is 4.79 Å². The Morgan fingerprint density at radius 1 is 1.31 bits per heavy atom. The molecule has 0 aliphatic heterocycles. The van der Waals surface area contributed by atoms with Crippen molar-refractivity contribution in [3.8, 4) is 0 Å². The van der Waals surface area contributed by atoms with Crippen LogP contribution in [0.3, 0.4) is 0 Å². The van der Waals surface area contributed by atoms with Crippen LogP contribution in [0.25, 0.3) is 0 Å². The van der Waals surface area contributed by atoms with E-state index in [1.165, 1.54) is 0 Å². The molecule has 0 aliphatic carbocycles. The largest absolute Gasteiger partial charge is 0.466 e. The molecule has 0 N–H and O–H groups in total. The van der Waals surface area contributed by atoms with E-state index in [2.05, 4.69) is 9.97 Å². The van der Waals surface area contributed by atoms with Crippen LogP contribution in [-0.2, 0) is 16.0 Å². The lowest BCUT2D eigenvalue weighted by atomic mass is 10.2. The Morgan fingerprint density at radius 3 is 2.50 bits per heavy atom. The minimum absolute atomic E-state index is 0.146. The van der Waals surface area contributed by atoms with Crippen LogP contribution in [0.2, 0.25) is 0 Å². The Morgan fingerprint density at radius 2 is 1.94 bits per heavy atom. The number of hydrogen-bond donors (Lipinski definition) is 0. The van der Waals surface area contributed by atoms with Crippen molar-refractivity contribution in [3.05, 3.63) is 23.3 Å². The third kappa shape index (κ3) is 4.38. The number of carbonyl (C=O) groups is 1. The molecule has 0 radical (unpaired) electrons. The first-order valence-corrected chi connectivity index (χ1v) is 5.58.